The van der Waals surface area contributed by atoms with Crippen molar-refractivity contribution >= 4 is 45.6 Å². The molecule has 2 aromatic heterocycles. The number of anilines is 2. The third-order valence-electron chi connectivity index (χ3n) is 6.25. The Hall–Kier alpha value is -4.50. The van der Waals surface area contributed by atoms with E-state index < -0.39 is 6.04 Å². The number of rotatable bonds is 9. The van der Waals surface area contributed by atoms with E-state index in [9.17, 15) is 9.59 Å². The van der Waals surface area contributed by atoms with Crippen LogP contribution in [0.1, 0.15) is 16.5 Å². The number of thiophene rings is 1. The van der Waals surface area contributed by atoms with Crippen LogP contribution < -0.4 is 10.2 Å². The van der Waals surface area contributed by atoms with Gasteiger partial charge in [0.05, 0.1) is 5.52 Å². The van der Waals surface area contributed by atoms with E-state index in [1.165, 1.54) is 11.3 Å². The number of fused-ring (bicyclic) bond motifs is 1. The molecule has 5 aromatic rings. The van der Waals surface area contributed by atoms with Crippen molar-refractivity contribution in [3.63, 3.8) is 0 Å². The van der Waals surface area contributed by atoms with Crippen LogP contribution in [-0.4, -0.2) is 45.8 Å². The third-order valence-corrected chi connectivity index (χ3v) is 7.17. The van der Waals surface area contributed by atoms with Crippen molar-refractivity contribution in [1.82, 2.24) is 19.9 Å². The van der Waals surface area contributed by atoms with Crippen molar-refractivity contribution in [2.75, 3.05) is 24.3 Å². The van der Waals surface area contributed by atoms with Crippen LogP contribution in [0.25, 0.3) is 11.0 Å². The Morgan fingerprint density at radius 2 is 1.66 bits per heavy atom. The SMILES string of the molecule is CN(C)c1ccc(NC(=O)[C@@H](c2cccs2)N(Cc2ccccc2)C(=O)Cn2nnc3ccccc32)cc1. The predicted octanol–water partition coefficient (Wildman–Crippen LogP) is 4.97. The fraction of sp³-hybridized carbons (Fsp3) is 0.172. The summed E-state index contributed by atoms with van der Waals surface area (Å²) in [4.78, 5) is 32.2. The number of hydrogen-bond acceptors (Lipinski definition) is 6. The van der Waals surface area contributed by atoms with Crippen LogP contribution in [0.4, 0.5) is 11.4 Å². The van der Waals surface area contributed by atoms with Crippen molar-refractivity contribution < 1.29 is 9.59 Å². The highest BCUT2D eigenvalue weighted by Crippen LogP contribution is 2.29. The van der Waals surface area contributed by atoms with Crippen LogP contribution in [-0.2, 0) is 22.7 Å². The molecule has 5 rings (SSSR count). The lowest BCUT2D eigenvalue weighted by Gasteiger charge is -2.31. The molecule has 9 heteroatoms. The normalized spacial score (nSPS) is 11.7. The highest BCUT2D eigenvalue weighted by molar-refractivity contribution is 7.10. The number of amides is 2. The van der Waals surface area contributed by atoms with Crippen molar-refractivity contribution in [3.05, 3.63) is 107 Å². The molecular formula is C29H28N6O2S. The van der Waals surface area contributed by atoms with E-state index in [1.54, 1.807) is 9.58 Å². The van der Waals surface area contributed by atoms with Crippen LogP contribution in [0.15, 0.2) is 96.4 Å². The highest BCUT2D eigenvalue weighted by Gasteiger charge is 2.33. The first-order valence-electron chi connectivity index (χ1n) is 12.2. The molecule has 0 saturated carbocycles. The Balaban J connectivity index is 1.48. The predicted molar refractivity (Wildman–Crippen MR) is 151 cm³/mol. The van der Waals surface area contributed by atoms with Gasteiger partial charge in [-0.1, -0.05) is 53.7 Å². The summed E-state index contributed by atoms with van der Waals surface area (Å²) < 4.78 is 1.58. The first-order valence-corrected chi connectivity index (χ1v) is 13.1. The average Bonchev–Trinajstić information content (AvgIpc) is 3.60. The van der Waals surface area contributed by atoms with Gasteiger partial charge in [-0.15, -0.1) is 16.4 Å². The zero-order chi connectivity index (χ0) is 26.5. The fourth-order valence-electron chi connectivity index (χ4n) is 4.28. The maximum atomic E-state index is 13.9. The summed E-state index contributed by atoms with van der Waals surface area (Å²) in [6.07, 6.45) is 0. The Labute approximate surface area is 225 Å². The second-order valence-corrected chi connectivity index (χ2v) is 10.1. The number of aromatic nitrogens is 3. The maximum Gasteiger partial charge on any atom is 0.252 e. The molecule has 2 amide bonds. The fourth-order valence-corrected chi connectivity index (χ4v) is 5.12. The Morgan fingerprint density at radius 1 is 0.921 bits per heavy atom. The van der Waals surface area contributed by atoms with Gasteiger partial charge in [0.2, 0.25) is 5.91 Å². The third kappa shape index (κ3) is 5.57. The molecule has 192 valence electrons. The monoisotopic (exact) mass is 524 g/mol. The molecule has 3 aromatic carbocycles. The van der Waals surface area contributed by atoms with Crippen molar-refractivity contribution in [1.29, 1.82) is 0 Å². The lowest BCUT2D eigenvalue weighted by atomic mass is 10.1. The Bertz CT molecular complexity index is 1510. The highest BCUT2D eigenvalue weighted by atomic mass is 32.1. The Morgan fingerprint density at radius 3 is 2.37 bits per heavy atom. The number of carbonyl (C=O) groups is 2. The van der Waals surface area contributed by atoms with Gasteiger partial charge < -0.3 is 15.1 Å². The molecule has 8 nitrogen and oxygen atoms in total. The summed E-state index contributed by atoms with van der Waals surface area (Å²) in [6, 6.07) is 27.8. The van der Waals surface area contributed by atoms with E-state index in [4.69, 9.17) is 0 Å². The number of benzene rings is 3. The van der Waals surface area contributed by atoms with Crippen molar-refractivity contribution in [2.24, 2.45) is 0 Å². The lowest BCUT2D eigenvalue weighted by molar-refractivity contribution is -0.140. The van der Waals surface area contributed by atoms with Gasteiger partial charge in [0.15, 0.2) is 0 Å². The van der Waals surface area contributed by atoms with E-state index in [0.29, 0.717) is 11.2 Å². The molecule has 2 heterocycles. The molecule has 0 saturated heterocycles. The van der Waals surface area contributed by atoms with Gasteiger partial charge in [-0.05, 0) is 53.4 Å². The molecule has 1 atom stereocenters. The van der Waals surface area contributed by atoms with Gasteiger partial charge in [0.1, 0.15) is 18.1 Å². The minimum Gasteiger partial charge on any atom is -0.378 e. The van der Waals surface area contributed by atoms with Gasteiger partial charge in [-0.3, -0.25) is 9.59 Å². The van der Waals surface area contributed by atoms with Crippen LogP contribution in [0.3, 0.4) is 0 Å². The van der Waals surface area contributed by atoms with Gasteiger partial charge in [0, 0.05) is 36.9 Å². The van der Waals surface area contributed by atoms with E-state index in [0.717, 1.165) is 21.6 Å². The quantitative estimate of drug-likeness (QED) is 0.294. The second kappa shape index (κ2) is 11.3. The maximum absolute atomic E-state index is 13.9. The minimum atomic E-state index is -0.828. The number of hydrogen-bond donors (Lipinski definition) is 1. The van der Waals surface area contributed by atoms with Crippen LogP contribution >= 0.6 is 11.3 Å². The van der Waals surface area contributed by atoms with Gasteiger partial charge in [-0.25, -0.2) is 4.68 Å². The number of nitrogens with one attached hydrogen (secondary N) is 1. The molecule has 0 spiro atoms. The molecule has 0 fully saturated rings. The number of carbonyl (C=O) groups excluding carboxylic acids is 2. The minimum absolute atomic E-state index is 0.0416. The summed E-state index contributed by atoms with van der Waals surface area (Å²) in [5.41, 5.74) is 4.09. The van der Waals surface area contributed by atoms with E-state index in [1.807, 2.05) is 115 Å². The molecule has 0 aliphatic heterocycles. The van der Waals surface area contributed by atoms with Gasteiger partial charge >= 0.3 is 0 Å². The van der Waals surface area contributed by atoms with Crippen molar-refractivity contribution in [3.8, 4) is 0 Å². The summed E-state index contributed by atoms with van der Waals surface area (Å²) in [5.74, 6) is -0.515. The van der Waals surface area contributed by atoms with E-state index >= 15 is 0 Å². The number of nitrogens with zero attached hydrogens (tertiary/aromatic N) is 5. The van der Waals surface area contributed by atoms with E-state index in [-0.39, 0.29) is 24.9 Å². The molecule has 0 aliphatic rings. The summed E-state index contributed by atoms with van der Waals surface area (Å²) in [5, 5.41) is 13.3. The Kier molecular flexibility index (Phi) is 7.46. The van der Waals surface area contributed by atoms with Crippen LogP contribution in [0.5, 0.6) is 0 Å². The summed E-state index contributed by atoms with van der Waals surface area (Å²) in [7, 11) is 3.93. The molecule has 1 N–H and O–H groups in total. The zero-order valence-corrected chi connectivity index (χ0v) is 22.0. The van der Waals surface area contributed by atoms with Crippen molar-refractivity contribution in [2.45, 2.75) is 19.1 Å². The number of para-hydroxylation sites is 1. The summed E-state index contributed by atoms with van der Waals surface area (Å²) >= 11 is 1.45. The first-order chi connectivity index (χ1) is 18.5. The smallest absolute Gasteiger partial charge is 0.252 e. The molecular weight excluding hydrogens is 496 g/mol. The largest absolute Gasteiger partial charge is 0.378 e. The summed E-state index contributed by atoms with van der Waals surface area (Å²) in [6.45, 7) is 0.224. The van der Waals surface area contributed by atoms with Gasteiger partial charge in [-0.2, -0.15) is 0 Å². The van der Waals surface area contributed by atoms with Gasteiger partial charge in [0.25, 0.3) is 5.91 Å². The average molecular weight is 525 g/mol. The molecule has 0 bridgehead atoms. The van der Waals surface area contributed by atoms with Crippen LogP contribution in [0, 0.1) is 0 Å². The molecule has 0 radical (unpaired) electrons. The zero-order valence-electron chi connectivity index (χ0n) is 21.2. The van der Waals surface area contributed by atoms with E-state index in [2.05, 4.69) is 15.6 Å². The second-order valence-electron chi connectivity index (χ2n) is 9.09. The van der Waals surface area contributed by atoms with Crippen LogP contribution in [0.2, 0.25) is 0 Å². The first kappa shape index (κ1) is 25.2. The topological polar surface area (TPSA) is 83.4 Å². The standard InChI is InChI=1S/C29H28N6O2S/c1-33(2)23-16-14-22(15-17-23)30-29(37)28(26-13-8-18-38-26)34(19-21-9-4-3-5-10-21)27(36)20-35-25-12-7-6-11-24(25)31-32-35/h3-18,28H,19-20H2,1-2H3,(H,30,37)/t28-/m1/s1. The molecule has 38 heavy (non-hydrogen) atoms. The molecule has 0 unspecified atom stereocenters. The molecule has 0 aliphatic carbocycles. The lowest BCUT2D eigenvalue weighted by Crippen LogP contribution is -2.42.